The van der Waals surface area contributed by atoms with Gasteiger partial charge in [-0.1, -0.05) is 30.3 Å². The van der Waals surface area contributed by atoms with Crippen LogP contribution >= 0.6 is 12.2 Å². The number of nitrogens with zero attached hydrogens (tertiary/aromatic N) is 2. The van der Waals surface area contributed by atoms with E-state index in [0.29, 0.717) is 17.0 Å². The van der Waals surface area contributed by atoms with E-state index < -0.39 is 0 Å². The number of carbonyl (C=O) groups is 1. The molecule has 0 aliphatic heterocycles. The van der Waals surface area contributed by atoms with Crippen molar-refractivity contribution in [2.45, 2.75) is 13.6 Å². The number of carbonyl (C=O) groups excluding carboxylic acids is 1. The molecule has 3 rings (SSSR count). The van der Waals surface area contributed by atoms with E-state index in [9.17, 15) is 4.79 Å². The molecule has 0 amide bonds. The standard InChI is InChI=1S/C17H16N4OS/c1-12(22)13-7-9-15(10-8-13)18-11-21-17(23)19-16(20-21)14-5-3-2-4-6-14/h2-10,18H,11H2,1H3,(H,19,20,23). The summed E-state index contributed by atoms with van der Waals surface area (Å²) in [5.74, 6) is 0.796. The largest absolute Gasteiger partial charge is 0.366 e. The maximum Gasteiger partial charge on any atom is 0.218 e. The first-order chi connectivity index (χ1) is 11.1. The van der Waals surface area contributed by atoms with Gasteiger partial charge < -0.3 is 5.32 Å². The molecule has 0 atom stereocenters. The summed E-state index contributed by atoms with van der Waals surface area (Å²) in [5, 5.41) is 6.43. The lowest BCUT2D eigenvalue weighted by Crippen LogP contribution is -2.09. The van der Waals surface area contributed by atoms with Gasteiger partial charge in [0.05, 0.1) is 0 Å². The van der Waals surface area contributed by atoms with Crippen molar-refractivity contribution in [1.82, 2.24) is 14.8 Å². The summed E-state index contributed by atoms with van der Waals surface area (Å²) >= 11 is 5.28. The zero-order chi connectivity index (χ0) is 16.2. The number of anilines is 1. The zero-order valence-corrected chi connectivity index (χ0v) is 13.4. The van der Waals surface area contributed by atoms with Crippen molar-refractivity contribution >= 4 is 23.7 Å². The molecule has 1 heterocycles. The predicted molar refractivity (Wildman–Crippen MR) is 92.9 cm³/mol. The van der Waals surface area contributed by atoms with Gasteiger partial charge >= 0.3 is 0 Å². The quantitative estimate of drug-likeness (QED) is 0.552. The number of H-pyrrole nitrogens is 1. The second-order valence-corrected chi connectivity index (χ2v) is 5.48. The van der Waals surface area contributed by atoms with E-state index in [1.807, 2.05) is 42.5 Å². The van der Waals surface area contributed by atoms with Gasteiger partial charge in [0, 0.05) is 16.8 Å². The van der Waals surface area contributed by atoms with Gasteiger partial charge in [0.1, 0.15) is 6.67 Å². The first-order valence-electron chi connectivity index (χ1n) is 7.20. The molecule has 0 radical (unpaired) electrons. The lowest BCUT2D eigenvalue weighted by atomic mass is 10.1. The molecule has 0 aliphatic carbocycles. The van der Waals surface area contributed by atoms with Gasteiger partial charge in [0.2, 0.25) is 4.77 Å². The molecule has 0 spiro atoms. The van der Waals surface area contributed by atoms with Crippen LogP contribution < -0.4 is 5.32 Å². The van der Waals surface area contributed by atoms with E-state index >= 15 is 0 Å². The minimum Gasteiger partial charge on any atom is -0.366 e. The minimum absolute atomic E-state index is 0.0554. The van der Waals surface area contributed by atoms with Crippen LogP contribution in [0.5, 0.6) is 0 Å². The molecule has 0 saturated carbocycles. The predicted octanol–water partition coefficient (Wildman–Crippen LogP) is 3.88. The van der Waals surface area contributed by atoms with Gasteiger partial charge in [0.15, 0.2) is 11.6 Å². The Bertz CT molecular complexity index is 866. The second kappa shape index (κ2) is 6.58. The van der Waals surface area contributed by atoms with Crippen LogP contribution in [0.25, 0.3) is 11.4 Å². The highest BCUT2D eigenvalue weighted by Gasteiger charge is 2.04. The Balaban J connectivity index is 1.72. The van der Waals surface area contributed by atoms with Crippen LogP contribution in [0.15, 0.2) is 54.6 Å². The van der Waals surface area contributed by atoms with Crippen LogP contribution in [0.1, 0.15) is 17.3 Å². The lowest BCUT2D eigenvalue weighted by Gasteiger charge is -2.07. The maximum atomic E-state index is 11.3. The Hall–Kier alpha value is -2.73. The Morgan fingerprint density at radius 2 is 1.87 bits per heavy atom. The fraction of sp³-hybridized carbons (Fsp3) is 0.118. The molecule has 1 aromatic heterocycles. The van der Waals surface area contributed by atoms with Gasteiger partial charge in [-0.3, -0.25) is 9.89 Å². The summed E-state index contributed by atoms with van der Waals surface area (Å²) in [4.78, 5) is 15.6. The molecular weight excluding hydrogens is 308 g/mol. The minimum atomic E-state index is 0.0554. The van der Waals surface area contributed by atoms with Crippen molar-refractivity contribution in [3.8, 4) is 11.4 Å². The summed E-state index contributed by atoms with van der Waals surface area (Å²) in [6, 6.07) is 17.2. The van der Waals surface area contributed by atoms with Crippen LogP contribution in [0, 0.1) is 4.77 Å². The van der Waals surface area contributed by atoms with Gasteiger partial charge in [-0.25, -0.2) is 4.68 Å². The third-order valence-corrected chi connectivity index (χ3v) is 3.77. The average Bonchev–Trinajstić information content (AvgIpc) is 2.95. The lowest BCUT2D eigenvalue weighted by molar-refractivity contribution is 0.101. The van der Waals surface area contributed by atoms with E-state index in [-0.39, 0.29) is 5.78 Å². The number of Topliss-reactive ketones (excluding diaryl/α,β-unsaturated/α-hetero) is 1. The second-order valence-electron chi connectivity index (χ2n) is 5.12. The zero-order valence-electron chi connectivity index (χ0n) is 12.6. The Morgan fingerprint density at radius 1 is 1.17 bits per heavy atom. The molecule has 2 aromatic carbocycles. The number of hydrogen-bond acceptors (Lipinski definition) is 4. The summed E-state index contributed by atoms with van der Waals surface area (Å²) in [5.41, 5.74) is 2.59. The van der Waals surface area contributed by atoms with Crippen LogP contribution in [0.2, 0.25) is 0 Å². The molecule has 0 unspecified atom stereocenters. The first-order valence-corrected chi connectivity index (χ1v) is 7.61. The van der Waals surface area contributed by atoms with Gasteiger partial charge in [-0.05, 0) is 43.4 Å². The van der Waals surface area contributed by atoms with Crippen LogP contribution in [-0.2, 0) is 6.67 Å². The third kappa shape index (κ3) is 3.54. The molecule has 5 nitrogen and oxygen atoms in total. The molecule has 6 heteroatoms. The highest BCUT2D eigenvalue weighted by Crippen LogP contribution is 2.14. The van der Waals surface area contributed by atoms with E-state index in [1.165, 1.54) is 0 Å². The van der Waals surface area contributed by atoms with Crippen molar-refractivity contribution < 1.29 is 4.79 Å². The molecule has 116 valence electrons. The normalized spacial score (nSPS) is 10.5. The van der Waals surface area contributed by atoms with Crippen molar-refractivity contribution in [3.05, 3.63) is 64.9 Å². The fourth-order valence-electron chi connectivity index (χ4n) is 2.18. The topological polar surface area (TPSA) is 62.7 Å². The van der Waals surface area contributed by atoms with Gasteiger partial charge in [-0.2, -0.15) is 4.98 Å². The average molecular weight is 324 g/mol. The smallest absolute Gasteiger partial charge is 0.218 e. The number of hydrogen-bond donors (Lipinski definition) is 2. The van der Waals surface area contributed by atoms with Crippen molar-refractivity contribution in [2.75, 3.05) is 5.32 Å². The number of nitrogens with one attached hydrogen (secondary N) is 2. The third-order valence-electron chi connectivity index (χ3n) is 3.46. The Morgan fingerprint density at radius 3 is 2.52 bits per heavy atom. The van der Waals surface area contributed by atoms with Gasteiger partial charge in [-0.15, -0.1) is 0 Å². The van der Waals surface area contributed by atoms with Crippen molar-refractivity contribution in [3.63, 3.8) is 0 Å². The maximum absolute atomic E-state index is 11.3. The summed E-state index contributed by atoms with van der Waals surface area (Å²) in [6.45, 7) is 2.02. The number of aromatic nitrogens is 3. The molecule has 23 heavy (non-hydrogen) atoms. The molecule has 0 bridgehead atoms. The van der Waals surface area contributed by atoms with E-state index in [4.69, 9.17) is 12.2 Å². The van der Waals surface area contributed by atoms with E-state index in [2.05, 4.69) is 15.4 Å². The van der Waals surface area contributed by atoms with Crippen LogP contribution in [0.3, 0.4) is 0 Å². The number of benzene rings is 2. The molecule has 2 N–H and O–H groups in total. The summed E-state index contributed by atoms with van der Waals surface area (Å²) in [7, 11) is 0. The van der Waals surface area contributed by atoms with E-state index in [1.54, 1.807) is 23.7 Å². The van der Waals surface area contributed by atoms with Crippen molar-refractivity contribution in [2.24, 2.45) is 0 Å². The monoisotopic (exact) mass is 324 g/mol. The molecule has 0 fully saturated rings. The Labute approximate surface area is 139 Å². The molecule has 3 aromatic rings. The molecular formula is C17H16N4OS. The molecule has 0 aliphatic rings. The molecule has 0 saturated heterocycles. The Kier molecular flexibility index (Phi) is 4.34. The number of aromatic amines is 1. The number of ketones is 1. The van der Waals surface area contributed by atoms with Gasteiger partial charge in [0.25, 0.3) is 0 Å². The highest BCUT2D eigenvalue weighted by atomic mass is 32.1. The number of rotatable bonds is 5. The first kappa shape index (κ1) is 15.2. The summed E-state index contributed by atoms with van der Waals surface area (Å²) < 4.78 is 2.24. The fourth-order valence-corrected chi connectivity index (χ4v) is 2.38. The van der Waals surface area contributed by atoms with Crippen molar-refractivity contribution in [1.29, 1.82) is 0 Å². The summed E-state index contributed by atoms with van der Waals surface area (Å²) in [6.07, 6.45) is 0. The highest BCUT2D eigenvalue weighted by molar-refractivity contribution is 7.71. The van der Waals surface area contributed by atoms with E-state index in [0.717, 1.165) is 17.1 Å². The van der Waals surface area contributed by atoms with Crippen LogP contribution in [-0.4, -0.2) is 20.5 Å². The SMILES string of the molecule is CC(=O)c1ccc(NCn2[nH]c(-c3ccccc3)nc2=S)cc1. The van der Waals surface area contributed by atoms with Crippen LogP contribution in [0.4, 0.5) is 5.69 Å².